The van der Waals surface area contributed by atoms with Gasteiger partial charge in [-0.2, -0.15) is 0 Å². The van der Waals surface area contributed by atoms with Crippen molar-refractivity contribution in [2.75, 3.05) is 43.4 Å². The van der Waals surface area contributed by atoms with Gasteiger partial charge in [0.1, 0.15) is 6.54 Å². The third-order valence-corrected chi connectivity index (χ3v) is 5.94. The highest BCUT2D eigenvalue weighted by Gasteiger charge is 2.41. The average Bonchev–Trinajstić information content (AvgIpc) is 3.01. The molecule has 0 N–H and O–H groups in total. The van der Waals surface area contributed by atoms with Crippen LogP contribution in [-0.2, 0) is 24.3 Å². The number of benzene rings is 1. The number of amides is 1. The zero-order valence-corrected chi connectivity index (χ0v) is 15.6. The molecular weight excluding hydrogens is 368 g/mol. The maximum Gasteiger partial charge on any atom is 0.243 e. The average molecular weight is 389 g/mol. The number of para-hydroxylation sites is 1. The van der Waals surface area contributed by atoms with Crippen LogP contribution in [0.4, 0.5) is 5.69 Å². The number of nitrogens with zero attached hydrogens (tertiary/aromatic N) is 2. The summed E-state index contributed by atoms with van der Waals surface area (Å²) in [5.74, 6) is -0.839. The number of piperidine rings is 1. The number of hydrogen-bond donors (Lipinski definition) is 0. The van der Waals surface area contributed by atoms with Crippen molar-refractivity contribution in [1.29, 1.82) is 0 Å². The van der Waals surface area contributed by atoms with E-state index >= 15 is 0 Å². The lowest BCUT2D eigenvalue weighted by molar-refractivity contribution is -0.187. The van der Waals surface area contributed by atoms with E-state index in [1.54, 1.807) is 29.2 Å². The van der Waals surface area contributed by atoms with Crippen molar-refractivity contribution in [3.63, 3.8) is 0 Å². The molecule has 0 atom stereocenters. The summed E-state index contributed by atoms with van der Waals surface area (Å²) in [6.45, 7) is 1.81. The van der Waals surface area contributed by atoms with Crippen LogP contribution in [0, 0.1) is 0 Å². The number of likely N-dealkylation sites (tertiary alicyclic amines) is 1. The van der Waals surface area contributed by atoms with E-state index in [1.807, 2.05) is 0 Å². The van der Waals surface area contributed by atoms with Crippen molar-refractivity contribution in [3.05, 3.63) is 29.3 Å². The molecule has 9 heteroatoms. The highest BCUT2D eigenvalue weighted by Crippen LogP contribution is 2.32. The van der Waals surface area contributed by atoms with Crippen LogP contribution in [0.15, 0.2) is 24.3 Å². The van der Waals surface area contributed by atoms with Gasteiger partial charge >= 0.3 is 0 Å². The normalized spacial score (nSPS) is 20.0. The second-order valence-electron chi connectivity index (χ2n) is 6.21. The fraction of sp³-hybridized carbons (Fsp3) is 0.562. The first-order valence-electron chi connectivity index (χ1n) is 8.09. The standard InChI is InChI=1S/C16H21ClN2O5S/c1-25(21,22)19(14-5-3-2-4-13(14)17)12-15(20)18-8-6-16(7-9-18)23-10-11-24-16/h2-5H,6-12H2,1H3. The van der Waals surface area contributed by atoms with Crippen LogP contribution >= 0.6 is 11.6 Å². The zero-order chi connectivity index (χ0) is 18.1. The number of halogens is 1. The summed E-state index contributed by atoms with van der Waals surface area (Å²) in [6.07, 6.45) is 2.24. The fourth-order valence-corrected chi connectivity index (χ4v) is 4.29. The summed E-state index contributed by atoms with van der Waals surface area (Å²) in [5.41, 5.74) is 0.302. The van der Waals surface area contributed by atoms with E-state index in [9.17, 15) is 13.2 Å². The number of carbonyl (C=O) groups excluding carboxylic acids is 1. The van der Waals surface area contributed by atoms with Gasteiger partial charge in [-0.25, -0.2) is 8.42 Å². The third kappa shape index (κ3) is 4.08. The Bertz CT molecular complexity index is 739. The Morgan fingerprint density at radius 2 is 1.84 bits per heavy atom. The summed E-state index contributed by atoms with van der Waals surface area (Å²) >= 11 is 6.11. The van der Waals surface area contributed by atoms with Gasteiger partial charge < -0.3 is 14.4 Å². The molecule has 2 aliphatic rings. The molecule has 1 aromatic rings. The number of carbonyl (C=O) groups is 1. The Morgan fingerprint density at radius 1 is 1.24 bits per heavy atom. The van der Waals surface area contributed by atoms with Crippen molar-refractivity contribution < 1.29 is 22.7 Å². The van der Waals surface area contributed by atoms with Gasteiger partial charge in [0.05, 0.1) is 30.2 Å². The molecule has 2 saturated heterocycles. The minimum absolute atomic E-state index is 0.266. The predicted octanol–water partition coefficient (Wildman–Crippen LogP) is 1.47. The van der Waals surface area contributed by atoms with Gasteiger partial charge in [0, 0.05) is 25.9 Å². The first-order chi connectivity index (χ1) is 11.8. The van der Waals surface area contributed by atoms with Gasteiger partial charge in [-0.1, -0.05) is 23.7 Å². The molecule has 0 aromatic heterocycles. The maximum absolute atomic E-state index is 12.6. The summed E-state index contributed by atoms with van der Waals surface area (Å²) in [6, 6.07) is 6.57. The Kier molecular flexibility index (Phi) is 5.24. The molecule has 7 nitrogen and oxygen atoms in total. The molecule has 2 fully saturated rings. The number of anilines is 1. The van der Waals surface area contributed by atoms with Gasteiger partial charge in [-0.3, -0.25) is 9.10 Å². The van der Waals surface area contributed by atoms with Crippen molar-refractivity contribution in [3.8, 4) is 0 Å². The first-order valence-corrected chi connectivity index (χ1v) is 10.3. The van der Waals surface area contributed by atoms with Crippen molar-refractivity contribution in [1.82, 2.24) is 4.90 Å². The van der Waals surface area contributed by atoms with Crippen LogP contribution in [-0.4, -0.2) is 64.1 Å². The first kappa shape index (κ1) is 18.4. The third-order valence-electron chi connectivity index (χ3n) is 4.49. The minimum Gasteiger partial charge on any atom is -0.347 e. The van der Waals surface area contributed by atoms with Gasteiger partial charge in [-0.05, 0) is 12.1 Å². The van der Waals surface area contributed by atoms with E-state index < -0.39 is 15.8 Å². The van der Waals surface area contributed by atoms with Crippen LogP contribution in [0.1, 0.15) is 12.8 Å². The molecule has 1 aromatic carbocycles. The smallest absolute Gasteiger partial charge is 0.243 e. The van der Waals surface area contributed by atoms with Crippen LogP contribution in [0.2, 0.25) is 5.02 Å². The highest BCUT2D eigenvalue weighted by molar-refractivity contribution is 7.92. The van der Waals surface area contributed by atoms with E-state index in [4.69, 9.17) is 21.1 Å². The van der Waals surface area contributed by atoms with Gasteiger partial charge in [0.25, 0.3) is 0 Å². The van der Waals surface area contributed by atoms with E-state index in [1.165, 1.54) is 0 Å². The largest absolute Gasteiger partial charge is 0.347 e. The minimum atomic E-state index is -3.64. The lowest BCUT2D eigenvalue weighted by Gasteiger charge is -2.38. The molecule has 1 amide bonds. The van der Waals surface area contributed by atoms with Crippen LogP contribution in [0.25, 0.3) is 0 Å². The monoisotopic (exact) mass is 388 g/mol. The lowest BCUT2D eigenvalue weighted by atomic mass is 10.0. The van der Waals surface area contributed by atoms with Crippen molar-refractivity contribution in [2.24, 2.45) is 0 Å². The van der Waals surface area contributed by atoms with E-state index in [-0.39, 0.29) is 17.5 Å². The van der Waals surface area contributed by atoms with Gasteiger partial charge in [-0.15, -0.1) is 0 Å². The second-order valence-corrected chi connectivity index (χ2v) is 8.52. The molecule has 0 aliphatic carbocycles. The number of rotatable bonds is 4. The molecule has 0 unspecified atom stereocenters. The molecule has 3 rings (SSSR count). The molecule has 2 aliphatic heterocycles. The number of ether oxygens (including phenoxy) is 2. The zero-order valence-electron chi connectivity index (χ0n) is 14.0. The molecule has 138 valence electrons. The molecule has 0 bridgehead atoms. The predicted molar refractivity (Wildman–Crippen MR) is 94.1 cm³/mol. The Balaban J connectivity index is 1.70. The number of hydrogen-bond acceptors (Lipinski definition) is 5. The second kappa shape index (κ2) is 7.11. The Labute approximate surface area is 152 Å². The fourth-order valence-electron chi connectivity index (χ4n) is 3.14. The molecule has 25 heavy (non-hydrogen) atoms. The molecule has 1 spiro atoms. The molecular formula is C16H21ClN2O5S. The van der Waals surface area contributed by atoms with E-state index in [0.29, 0.717) is 44.8 Å². The van der Waals surface area contributed by atoms with E-state index in [0.717, 1.165) is 10.6 Å². The molecule has 0 radical (unpaired) electrons. The summed E-state index contributed by atoms with van der Waals surface area (Å²) in [4.78, 5) is 14.3. The molecule has 0 saturated carbocycles. The summed E-state index contributed by atoms with van der Waals surface area (Å²) in [5, 5.41) is 0.283. The topological polar surface area (TPSA) is 76.2 Å². The van der Waals surface area contributed by atoms with Gasteiger partial charge in [0.2, 0.25) is 15.9 Å². The quantitative estimate of drug-likeness (QED) is 0.780. The van der Waals surface area contributed by atoms with E-state index in [2.05, 4.69) is 0 Å². The van der Waals surface area contributed by atoms with Crippen LogP contribution in [0.5, 0.6) is 0 Å². The lowest BCUT2D eigenvalue weighted by Crippen LogP contribution is -2.50. The maximum atomic E-state index is 12.6. The molecule has 2 heterocycles. The SMILES string of the molecule is CS(=O)(=O)N(CC(=O)N1CCC2(CC1)OCCO2)c1ccccc1Cl. The summed E-state index contributed by atoms with van der Waals surface area (Å²) in [7, 11) is -3.64. The van der Waals surface area contributed by atoms with Gasteiger partial charge in [0.15, 0.2) is 5.79 Å². The number of sulfonamides is 1. The van der Waals surface area contributed by atoms with Crippen LogP contribution < -0.4 is 4.31 Å². The van der Waals surface area contributed by atoms with Crippen LogP contribution in [0.3, 0.4) is 0 Å². The Hall–Kier alpha value is -1.35. The Morgan fingerprint density at radius 3 is 2.40 bits per heavy atom. The van der Waals surface area contributed by atoms with Crippen molar-refractivity contribution in [2.45, 2.75) is 18.6 Å². The summed E-state index contributed by atoms with van der Waals surface area (Å²) < 4.78 is 36.7. The highest BCUT2D eigenvalue weighted by atomic mass is 35.5. The van der Waals surface area contributed by atoms with Crippen molar-refractivity contribution >= 4 is 33.2 Å².